The van der Waals surface area contributed by atoms with Crippen molar-refractivity contribution in [1.29, 1.82) is 0 Å². The maximum Gasteiger partial charge on any atom is 0.223 e. The Bertz CT molecular complexity index is 806. The van der Waals surface area contributed by atoms with Crippen LogP contribution in [0.5, 0.6) is 0 Å². The normalized spacial score (nSPS) is 21.2. The molecule has 1 amide bonds. The molecule has 1 N–H and O–H groups in total. The molecule has 1 aliphatic carbocycles. The van der Waals surface area contributed by atoms with Gasteiger partial charge < -0.3 is 5.32 Å². The van der Waals surface area contributed by atoms with E-state index in [1.165, 1.54) is 22.3 Å². The van der Waals surface area contributed by atoms with E-state index in [4.69, 9.17) is 0 Å². The molecule has 2 aromatic carbocycles. The molecule has 142 valence electrons. The number of carbonyl (C=O) groups is 1. The highest BCUT2D eigenvalue weighted by atomic mass is 16.2. The van der Waals surface area contributed by atoms with Gasteiger partial charge >= 0.3 is 0 Å². The quantitative estimate of drug-likeness (QED) is 0.864. The first-order valence-corrected chi connectivity index (χ1v) is 10.2. The molecule has 0 aromatic heterocycles. The van der Waals surface area contributed by atoms with Crippen LogP contribution in [0.2, 0.25) is 0 Å². The summed E-state index contributed by atoms with van der Waals surface area (Å²) < 4.78 is 0. The number of aryl methyl sites for hydroxylation is 2. The molecule has 1 spiro atoms. The van der Waals surface area contributed by atoms with E-state index in [-0.39, 0.29) is 17.2 Å². The molecule has 3 heteroatoms. The summed E-state index contributed by atoms with van der Waals surface area (Å²) >= 11 is 0. The van der Waals surface area contributed by atoms with Gasteiger partial charge in [0.25, 0.3) is 0 Å². The zero-order valence-corrected chi connectivity index (χ0v) is 16.5. The Morgan fingerprint density at radius 1 is 1.04 bits per heavy atom. The fourth-order valence-corrected chi connectivity index (χ4v) is 4.50. The van der Waals surface area contributed by atoms with Gasteiger partial charge in [0.05, 0.1) is 0 Å². The topological polar surface area (TPSA) is 32.3 Å². The minimum absolute atomic E-state index is 0.227. The maximum absolute atomic E-state index is 12.6. The first-order chi connectivity index (χ1) is 13.1. The molecule has 3 nitrogen and oxygen atoms in total. The lowest BCUT2D eigenvalue weighted by atomic mass is 9.90. The van der Waals surface area contributed by atoms with Crippen LogP contribution in [-0.2, 0) is 17.9 Å². The number of hydrogen-bond acceptors (Lipinski definition) is 2. The van der Waals surface area contributed by atoms with Crippen LogP contribution in [0.25, 0.3) is 0 Å². The molecular formula is C24H30N2O. The molecule has 1 atom stereocenters. The van der Waals surface area contributed by atoms with Crippen molar-refractivity contribution in [2.45, 2.75) is 46.2 Å². The Morgan fingerprint density at radius 2 is 1.78 bits per heavy atom. The third-order valence-electron chi connectivity index (χ3n) is 6.65. The van der Waals surface area contributed by atoms with Crippen LogP contribution >= 0.6 is 0 Å². The van der Waals surface area contributed by atoms with Crippen LogP contribution in [0.1, 0.15) is 41.5 Å². The standard InChI is InChI=1S/C24H30N2O/c1-18-8-9-21(14-19(18)2)17-26-12-10-24(11-13-26)15-22(24)23(27)25-16-20-6-4-3-5-7-20/h3-9,14,22H,10-13,15-17H2,1-2H3,(H,25,27). The molecule has 1 heterocycles. The Hall–Kier alpha value is -2.13. The predicted molar refractivity (Wildman–Crippen MR) is 109 cm³/mol. The van der Waals surface area contributed by atoms with Gasteiger partial charge in [-0.1, -0.05) is 48.5 Å². The Labute approximate surface area is 162 Å². The van der Waals surface area contributed by atoms with E-state index in [0.29, 0.717) is 6.54 Å². The van der Waals surface area contributed by atoms with Crippen LogP contribution in [0.4, 0.5) is 0 Å². The van der Waals surface area contributed by atoms with Crippen LogP contribution in [0.15, 0.2) is 48.5 Å². The largest absolute Gasteiger partial charge is 0.352 e. The summed E-state index contributed by atoms with van der Waals surface area (Å²) in [6, 6.07) is 17.0. The molecule has 0 bridgehead atoms. The van der Waals surface area contributed by atoms with Gasteiger partial charge in [-0.15, -0.1) is 0 Å². The van der Waals surface area contributed by atoms with Crippen LogP contribution in [0, 0.1) is 25.2 Å². The number of nitrogens with one attached hydrogen (secondary N) is 1. The Kier molecular flexibility index (Phi) is 5.05. The molecule has 1 saturated carbocycles. The second-order valence-electron chi connectivity index (χ2n) is 8.52. The number of benzene rings is 2. The highest BCUT2D eigenvalue weighted by Gasteiger charge is 2.58. The summed E-state index contributed by atoms with van der Waals surface area (Å²) in [5.41, 5.74) is 5.59. The summed E-state index contributed by atoms with van der Waals surface area (Å²) in [7, 11) is 0. The third kappa shape index (κ3) is 4.08. The van der Waals surface area contributed by atoms with E-state index >= 15 is 0 Å². The van der Waals surface area contributed by atoms with Crippen molar-refractivity contribution in [2.75, 3.05) is 13.1 Å². The van der Waals surface area contributed by atoms with Gasteiger partial charge in [-0.05, 0) is 73.9 Å². The molecular weight excluding hydrogens is 332 g/mol. The third-order valence-corrected chi connectivity index (χ3v) is 6.65. The molecule has 2 aromatic rings. The van der Waals surface area contributed by atoms with Gasteiger partial charge in [0.2, 0.25) is 5.91 Å². The first-order valence-electron chi connectivity index (χ1n) is 10.2. The molecule has 1 saturated heterocycles. The number of piperidine rings is 1. The average molecular weight is 363 g/mol. The van der Waals surface area contributed by atoms with Gasteiger partial charge in [0, 0.05) is 19.0 Å². The zero-order valence-electron chi connectivity index (χ0n) is 16.5. The summed E-state index contributed by atoms with van der Waals surface area (Å²) in [5, 5.41) is 3.14. The van der Waals surface area contributed by atoms with Crippen LogP contribution in [-0.4, -0.2) is 23.9 Å². The Balaban J connectivity index is 1.25. The monoisotopic (exact) mass is 362 g/mol. The van der Waals surface area contributed by atoms with Crippen molar-refractivity contribution >= 4 is 5.91 Å². The number of amides is 1. The summed E-state index contributed by atoms with van der Waals surface area (Å²) in [6.45, 7) is 8.24. The first kappa shape index (κ1) is 18.2. The summed E-state index contributed by atoms with van der Waals surface area (Å²) in [5.74, 6) is 0.478. The number of hydrogen-bond donors (Lipinski definition) is 1. The molecule has 27 heavy (non-hydrogen) atoms. The Morgan fingerprint density at radius 3 is 2.48 bits per heavy atom. The molecule has 1 aliphatic heterocycles. The van der Waals surface area contributed by atoms with E-state index in [2.05, 4.69) is 54.4 Å². The highest BCUT2D eigenvalue weighted by molar-refractivity contribution is 5.82. The van der Waals surface area contributed by atoms with Crippen molar-refractivity contribution < 1.29 is 4.79 Å². The van der Waals surface area contributed by atoms with Crippen molar-refractivity contribution in [3.8, 4) is 0 Å². The second kappa shape index (κ2) is 7.47. The zero-order chi connectivity index (χ0) is 18.9. The fraction of sp³-hybridized carbons (Fsp3) is 0.458. The molecule has 4 rings (SSSR count). The predicted octanol–water partition coefficient (Wildman–Crippen LogP) is 4.22. The number of rotatable bonds is 5. The van der Waals surface area contributed by atoms with E-state index in [1.807, 2.05) is 18.2 Å². The van der Waals surface area contributed by atoms with Crippen LogP contribution in [0.3, 0.4) is 0 Å². The lowest BCUT2D eigenvalue weighted by Gasteiger charge is -2.33. The molecule has 0 radical (unpaired) electrons. The smallest absolute Gasteiger partial charge is 0.223 e. The number of likely N-dealkylation sites (tertiary alicyclic amines) is 1. The van der Waals surface area contributed by atoms with Crippen molar-refractivity contribution in [3.63, 3.8) is 0 Å². The fourth-order valence-electron chi connectivity index (χ4n) is 4.50. The van der Waals surface area contributed by atoms with Gasteiger partial charge in [0.1, 0.15) is 0 Å². The maximum atomic E-state index is 12.6. The van der Waals surface area contributed by atoms with E-state index in [0.717, 1.165) is 38.9 Å². The van der Waals surface area contributed by atoms with E-state index in [1.54, 1.807) is 0 Å². The minimum atomic E-state index is 0.227. The second-order valence-corrected chi connectivity index (χ2v) is 8.52. The van der Waals surface area contributed by atoms with Crippen molar-refractivity contribution in [2.24, 2.45) is 11.3 Å². The van der Waals surface area contributed by atoms with Gasteiger partial charge in [-0.2, -0.15) is 0 Å². The van der Waals surface area contributed by atoms with Gasteiger partial charge in [0.15, 0.2) is 0 Å². The molecule has 2 fully saturated rings. The average Bonchev–Trinajstić information content (AvgIpc) is 3.39. The highest BCUT2D eigenvalue weighted by Crippen LogP contribution is 2.59. The molecule has 2 aliphatic rings. The number of nitrogens with zero attached hydrogens (tertiary/aromatic N) is 1. The van der Waals surface area contributed by atoms with Gasteiger partial charge in [-0.3, -0.25) is 9.69 Å². The lowest BCUT2D eigenvalue weighted by molar-refractivity contribution is -0.123. The minimum Gasteiger partial charge on any atom is -0.352 e. The van der Waals surface area contributed by atoms with E-state index in [9.17, 15) is 4.79 Å². The van der Waals surface area contributed by atoms with Crippen molar-refractivity contribution in [3.05, 3.63) is 70.8 Å². The SMILES string of the molecule is Cc1ccc(CN2CCC3(CC2)CC3C(=O)NCc2ccccc2)cc1C. The summed E-state index contributed by atoms with van der Waals surface area (Å²) in [6.07, 6.45) is 3.38. The number of carbonyl (C=O) groups excluding carboxylic acids is 1. The molecule has 1 unspecified atom stereocenters. The van der Waals surface area contributed by atoms with Crippen molar-refractivity contribution in [1.82, 2.24) is 10.2 Å². The lowest BCUT2D eigenvalue weighted by Crippen LogP contribution is -2.36. The van der Waals surface area contributed by atoms with Crippen LogP contribution < -0.4 is 5.32 Å². The summed E-state index contributed by atoms with van der Waals surface area (Å²) in [4.78, 5) is 15.1. The van der Waals surface area contributed by atoms with E-state index < -0.39 is 0 Å². The van der Waals surface area contributed by atoms with Gasteiger partial charge in [-0.25, -0.2) is 0 Å².